The van der Waals surface area contributed by atoms with E-state index in [1.165, 1.54) is 51.0 Å². The number of aromatic amines is 1. The Morgan fingerprint density at radius 1 is 1.47 bits per heavy atom. The second kappa shape index (κ2) is 6.77. The summed E-state index contributed by atoms with van der Waals surface area (Å²) < 4.78 is 0. The maximum atomic E-state index is 4.03. The fourth-order valence-electron chi connectivity index (χ4n) is 2.38. The predicted molar refractivity (Wildman–Crippen MR) is 69.8 cm³/mol. The number of piperidine rings is 1. The summed E-state index contributed by atoms with van der Waals surface area (Å²) in [7, 11) is 0. The third-order valence-corrected chi connectivity index (χ3v) is 3.55. The largest absolute Gasteiger partial charge is 0.347 e. The van der Waals surface area contributed by atoms with Gasteiger partial charge in [0.2, 0.25) is 0 Å². The van der Waals surface area contributed by atoms with Gasteiger partial charge in [0.05, 0.1) is 6.33 Å². The fraction of sp³-hybridized carbons (Fsp3) is 0.769. The van der Waals surface area contributed by atoms with E-state index in [1.54, 1.807) is 6.33 Å². The first kappa shape index (κ1) is 12.6. The number of rotatable bonds is 6. The molecule has 0 saturated carbocycles. The smallest absolute Gasteiger partial charge is 0.0922 e. The van der Waals surface area contributed by atoms with Gasteiger partial charge in [-0.3, -0.25) is 0 Å². The van der Waals surface area contributed by atoms with Gasteiger partial charge < -0.3 is 15.2 Å². The van der Waals surface area contributed by atoms with Gasteiger partial charge in [-0.15, -0.1) is 0 Å². The molecule has 0 aromatic carbocycles. The van der Waals surface area contributed by atoms with E-state index in [0.717, 1.165) is 6.54 Å². The van der Waals surface area contributed by atoms with E-state index in [2.05, 4.69) is 27.1 Å². The Hall–Kier alpha value is -0.870. The molecule has 1 aliphatic rings. The lowest BCUT2D eigenvalue weighted by atomic mass is 10.0. The molecule has 1 fully saturated rings. The van der Waals surface area contributed by atoms with Crippen LogP contribution in [0.2, 0.25) is 0 Å². The summed E-state index contributed by atoms with van der Waals surface area (Å²) in [5.41, 5.74) is 1.18. The minimum Gasteiger partial charge on any atom is -0.347 e. The van der Waals surface area contributed by atoms with Crippen molar-refractivity contribution in [3.63, 3.8) is 0 Å². The van der Waals surface area contributed by atoms with Gasteiger partial charge in [0.25, 0.3) is 0 Å². The summed E-state index contributed by atoms with van der Waals surface area (Å²) in [5.74, 6) is 0. The van der Waals surface area contributed by atoms with E-state index in [0.29, 0.717) is 6.04 Å². The highest BCUT2D eigenvalue weighted by molar-refractivity contribution is 4.94. The van der Waals surface area contributed by atoms with Gasteiger partial charge in [-0.2, -0.15) is 0 Å². The van der Waals surface area contributed by atoms with Crippen LogP contribution in [0.1, 0.15) is 38.3 Å². The lowest BCUT2D eigenvalue weighted by Gasteiger charge is -2.32. The Morgan fingerprint density at radius 2 is 2.29 bits per heavy atom. The molecule has 2 rings (SSSR count). The quantitative estimate of drug-likeness (QED) is 0.791. The van der Waals surface area contributed by atoms with E-state index < -0.39 is 0 Å². The van der Waals surface area contributed by atoms with Gasteiger partial charge in [0.1, 0.15) is 0 Å². The van der Waals surface area contributed by atoms with Gasteiger partial charge in [-0.1, -0.05) is 13.3 Å². The number of hydrogen-bond donors (Lipinski definition) is 2. The number of aromatic nitrogens is 2. The van der Waals surface area contributed by atoms with Crippen LogP contribution in [0, 0.1) is 0 Å². The maximum Gasteiger partial charge on any atom is 0.0922 e. The monoisotopic (exact) mass is 236 g/mol. The van der Waals surface area contributed by atoms with Crippen molar-refractivity contribution >= 4 is 0 Å². The van der Waals surface area contributed by atoms with Crippen LogP contribution in [0.4, 0.5) is 0 Å². The number of nitrogens with one attached hydrogen (secondary N) is 2. The Morgan fingerprint density at radius 3 is 2.94 bits per heavy atom. The minimum absolute atomic E-state index is 0.677. The van der Waals surface area contributed by atoms with Crippen molar-refractivity contribution in [1.82, 2.24) is 20.2 Å². The van der Waals surface area contributed by atoms with Crippen LogP contribution in [-0.4, -0.2) is 40.5 Å². The molecule has 17 heavy (non-hydrogen) atoms. The standard InChI is InChI=1S/C13H24N4/c1-2-3-6-17-7-4-12(5-8-17)15-10-13-9-14-11-16-13/h9,11-12,15H,2-8,10H2,1H3,(H,14,16). The lowest BCUT2D eigenvalue weighted by Crippen LogP contribution is -2.42. The van der Waals surface area contributed by atoms with Crippen molar-refractivity contribution < 1.29 is 0 Å². The first-order chi connectivity index (χ1) is 8.38. The molecule has 0 amide bonds. The van der Waals surface area contributed by atoms with Crippen molar-refractivity contribution in [1.29, 1.82) is 0 Å². The van der Waals surface area contributed by atoms with Crippen molar-refractivity contribution in [3.8, 4) is 0 Å². The molecule has 0 radical (unpaired) electrons. The molecule has 2 N–H and O–H groups in total. The third kappa shape index (κ3) is 4.13. The number of imidazole rings is 1. The number of likely N-dealkylation sites (tertiary alicyclic amines) is 1. The third-order valence-electron chi connectivity index (χ3n) is 3.55. The summed E-state index contributed by atoms with van der Waals surface area (Å²) in [6, 6.07) is 0.677. The number of H-pyrrole nitrogens is 1. The number of unbranched alkanes of at least 4 members (excludes halogenated alkanes) is 1. The van der Waals surface area contributed by atoms with Crippen molar-refractivity contribution in [2.24, 2.45) is 0 Å². The SMILES string of the molecule is CCCCN1CCC(NCc2cnc[nH]2)CC1. The minimum atomic E-state index is 0.677. The first-order valence-electron chi connectivity index (χ1n) is 6.81. The molecule has 4 heteroatoms. The molecule has 2 heterocycles. The molecule has 1 aliphatic heterocycles. The predicted octanol–water partition coefficient (Wildman–Crippen LogP) is 1.76. The molecule has 1 aromatic rings. The van der Waals surface area contributed by atoms with Crippen molar-refractivity contribution in [2.75, 3.05) is 19.6 Å². The van der Waals surface area contributed by atoms with E-state index >= 15 is 0 Å². The van der Waals surface area contributed by atoms with Crippen LogP contribution < -0.4 is 5.32 Å². The average molecular weight is 236 g/mol. The van der Waals surface area contributed by atoms with E-state index in [1.807, 2.05) is 6.20 Å². The van der Waals surface area contributed by atoms with Crippen LogP contribution in [-0.2, 0) is 6.54 Å². The molecule has 0 atom stereocenters. The number of hydrogen-bond acceptors (Lipinski definition) is 3. The Balaban J connectivity index is 1.62. The molecule has 0 spiro atoms. The molecule has 96 valence electrons. The van der Waals surface area contributed by atoms with Crippen LogP contribution >= 0.6 is 0 Å². The van der Waals surface area contributed by atoms with Gasteiger partial charge in [0, 0.05) is 24.5 Å². The first-order valence-corrected chi connectivity index (χ1v) is 6.81. The summed E-state index contributed by atoms with van der Waals surface area (Å²) in [6.07, 6.45) is 8.83. The summed E-state index contributed by atoms with van der Waals surface area (Å²) in [6.45, 7) is 6.96. The van der Waals surface area contributed by atoms with Gasteiger partial charge in [0.15, 0.2) is 0 Å². The molecule has 4 nitrogen and oxygen atoms in total. The molecule has 1 aromatic heterocycles. The second-order valence-corrected chi connectivity index (χ2v) is 4.93. The second-order valence-electron chi connectivity index (χ2n) is 4.93. The van der Waals surface area contributed by atoms with Gasteiger partial charge in [-0.25, -0.2) is 4.98 Å². The molecule has 0 aliphatic carbocycles. The van der Waals surface area contributed by atoms with Crippen molar-refractivity contribution in [2.45, 2.75) is 45.2 Å². The fourth-order valence-corrected chi connectivity index (χ4v) is 2.38. The topological polar surface area (TPSA) is 44.0 Å². The molecular weight excluding hydrogens is 212 g/mol. The summed E-state index contributed by atoms with van der Waals surface area (Å²) in [5, 5.41) is 3.60. The zero-order chi connectivity index (χ0) is 11.9. The Labute approximate surface area is 104 Å². The van der Waals surface area contributed by atoms with Crippen LogP contribution in [0.3, 0.4) is 0 Å². The maximum absolute atomic E-state index is 4.03. The van der Waals surface area contributed by atoms with Crippen LogP contribution in [0.25, 0.3) is 0 Å². The molecule has 0 unspecified atom stereocenters. The van der Waals surface area contributed by atoms with Crippen molar-refractivity contribution in [3.05, 3.63) is 18.2 Å². The average Bonchev–Trinajstić information content (AvgIpc) is 2.88. The zero-order valence-corrected chi connectivity index (χ0v) is 10.8. The molecular formula is C13H24N4. The normalized spacial score (nSPS) is 18.6. The Bertz CT molecular complexity index is 288. The summed E-state index contributed by atoms with van der Waals surface area (Å²) in [4.78, 5) is 9.75. The van der Waals surface area contributed by atoms with E-state index in [4.69, 9.17) is 0 Å². The Kier molecular flexibility index (Phi) is 5.01. The van der Waals surface area contributed by atoms with Crippen LogP contribution in [0.5, 0.6) is 0 Å². The highest BCUT2D eigenvalue weighted by Crippen LogP contribution is 2.11. The zero-order valence-electron chi connectivity index (χ0n) is 10.8. The summed E-state index contributed by atoms with van der Waals surface area (Å²) >= 11 is 0. The number of nitrogens with zero attached hydrogens (tertiary/aromatic N) is 2. The van der Waals surface area contributed by atoms with Gasteiger partial charge >= 0.3 is 0 Å². The van der Waals surface area contributed by atoms with Gasteiger partial charge in [-0.05, 0) is 38.9 Å². The lowest BCUT2D eigenvalue weighted by molar-refractivity contribution is 0.195. The highest BCUT2D eigenvalue weighted by atomic mass is 15.1. The highest BCUT2D eigenvalue weighted by Gasteiger charge is 2.17. The van der Waals surface area contributed by atoms with E-state index in [-0.39, 0.29) is 0 Å². The molecule has 0 bridgehead atoms. The van der Waals surface area contributed by atoms with Crippen LogP contribution in [0.15, 0.2) is 12.5 Å². The van der Waals surface area contributed by atoms with E-state index in [9.17, 15) is 0 Å². The molecule has 1 saturated heterocycles.